The standard InChI is InChI=1S/C26H39BrClN3O7/c1-26(2,3)38-25(33)29-4-10-34-12-14-36-15-13-35-11-9-30-5-7-31(8-6-30)24(32)22-17-19-16-20(28)18-21(27)23(19)37-22/h16,18,22H,4-15,17H2,1-3H3,(H,29,33)/t22-/m1/s1. The number of fused-ring (bicyclic) bond motifs is 1. The number of benzene rings is 1. The Morgan fingerprint density at radius 2 is 1.66 bits per heavy atom. The van der Waals surface area contributed by atoms with Crippen LogP contribution in [0.4, 0.5) is 4.79 Å². The quantitative estimate of drug-likeness (QED) is 0.336. The maximum atomic E-state index is 13.0. The molecule has 0 aromatic heterocycles. The van der Waals surface area contributed by atoms with Gasteiger partial charge in [-0.25, -0.2) is 4.79 Å². The fourth-order valence-electron chi connectivity index (χ4n) is 4.09. The number of rotatable bonds is 13. The van der Waals surface area contributed by atoms with Gasteiger partial charge < -0.3 is 33.9 Å². The van der Waals surface area contributed by atoms with E-state index in [0.717, 1.165) is 29.7 Å². The normalized spacial score (nSPS) is 17.7. The Morgan fingerprint density at radius 3 is 2.32 bits per heavy atom. The van der Waals surface area contributed by atoms with Crippen molar-refractivity contribution in [3.8, 4) is 5.75 Å². The first-order valence-electron chi connectivity index (χ1n) is 13.0. The van der Waals surface area contributed by atoms with Gasteiger partial charge in [0.05, 0.1) is 44.1 Å². The second-order valence-electron chi connectivity index (χ2n) is 10.1. The summed E-state index contributed by atoms with van der Waals surface area (Å²) in [6.07, 6.45) is -0.399. The summed E-state index contributed by atoms with van der Waals surface area (Å²) in [6, 6.07) is 3.65. The van der Waals surface area contributed by atoms with Crippen LogP contribution >= 0.6 is 27.5 Å². The van der Waals surface area contributed by atoms with Crippen LogP contribution in [-0.2, 0) is 30.2 Å². The highest BCUT2D eigenvalue weighted by Gasteiger charge is 2.35. The lowest BCUT2D eigenvalue weighted by Gasteiger charge is -2.35. The number of alkyl carbamates (subject to hydrolysis) is 1. The molecule has 2 amide bonds. The van der Waals surface area contributed by atoms with E-state index in [-0.39, 0.29) is 5.91 Å². The van der Waals surface area contributed by atoms with E-state index < -0.39 is 17.8 Å². The monoisotopic (exact) mass is 619 g/mol. The molecule has 0 aliphatic carbocycles. The molecule has 3 rings (SSSR count). The number of amides is 2. The van der Waals surface area contributed by atoms with Gasteiger partial charge in [0.25, 0.3) is 5.91 Å². The molecule has 214 valence electrons. The summed E-state index contributed by atoms with van der Waals surface area (Å²) in [7, 11) is 0. The fourth-order valence-corrected chi connectivity index (χ4v) is 5.06. The molecule has 2 heterocycles. The van der Waals surface area contributed by atoms with Crippen LogP contribution < -0.4 is 10.1 Å². The molecule has 1 aromatic carbocycles. The lowest BCUT2D eigenvalue weighted by molar-refractivity contribution is -0.139. The van der Waals surface area contributed by atoms with E-state index in [1.165, 1.54) is 0 Å². The molecule has 0 spiro atoms. The van der Waals surface area contributed by atoms with Crippen molar-refractivity contribution in [2.24, 2.45) is 0 Å². The SMILES string of the molecule is CC(C)(C)OC(=O)NCCOCCOCCOCCN1CCN(C(=O)[C@H]2Cc3cc(Cl)cc(Br)c3O2)CC1. The molecular formula is C26H39BrClN3O7. The Labute approximate surface area is 238 Å². The molecule has 10 nitrogen and oxygen atoms in total. The maximum Gasteiger partial charge on any atom is 0.407 e. The van der Waals surface area contributed by atoms with Crippen LogP contribution in [0.2, 0.25) is 5.02 Å². The van der Waals surface area contributed by atoms with Crippen LogP contribution in [0, 0.1) is 0 Å². The Kier molecular flexibility index (Phi) is 12.4. The van der Waals surface area contributed by atoms with Gasteiger partial charge in [0.1, 0.15) is 11.4 Å². The smallest absolute Gasteiger partial charge is 0.407 e. The molecule has 0 saturated carbocycles. The van der Waals surface area contributed by atoms with E-state index in [0.29, 0.717) is 76.5 Å². The summed E-state index contributed by atoms with van der Waals surface area (Å²) < 4.78 is 28.5. The number of hydrogen-bond donors (Lipinski definition) is 1. The number of carbonyl (C=O) groups is 2. The highest BCUT2D eigenvalue weighted by atomic mass is 79.9. The third-order valence-electron chi connectivity index (χ3n) is 5.92. The number of nitrogens with one attached hydrogen (secondary N) is 1. The van der Waals surface area contributed by atoms with Crippen LogP contribution in [0.3, 0.4) is 0 Å². The predicted octanol–water partition coefficient (Wildman–Crippen LogP) is 3.12. The fraction of sp³-hybridized carbons (Fsp3) is 0.692. The Morgan fingerprint density at radius 1 is 1.03 bits per heavy atom. The van der Waals surface area contributed by atoms with Crippen LogP contribution in [0.15, 0.2) is 16.6 Å². The minimum atomic E-state index is -0.510. The van der Waals surface area contributed by atoms with Gasteiger partial charge >= 0.3 is 6.09 Å². The number of piperazine rings is 1. The Bertz CT molecular complexity index is 923. The zero-order valence-electron chi connectivity index (χ0n) is 22.4. The van der Waals surface area contributed by atoms with Gasteiger partial charge in [0.2, 0.25) is 0 Å². The molecular weight excluding hydrogens is 582 g/mol. The molecule has 12 heteroatoms. The minimum absolute atomic E-state index is 0.0283. The summed E-state index contributed by atoms with van der Waals surface area (Å²) >= 11 is 9.59. The number of carbonyl (C=O) groups excluding carboxylic acids is 2. The van der Waals surface area contributed by atoms with Gasteiger partial charge in [-0.15, -0.1) is 0 Å². The summed E-state index contributed by atoms with van der Waals surface area (Å²) in [5.74, 6) is 0.744. The number of hydrogen-bond acceptors (Lipinski definition) is 8. The maximum absolute atomic E-state index is 13.0. The highest BCUT2D eigenvalue weighted by Crippen LogP contribution is 2.38. The van der Waals surface area contributed by atoms with Crippen molar-refractivity contribution in [3.05, 3.63) is 27.2 Å². The van der Waals surface area contributed by atoms with Gasteiger partial charge in [-0.1, -0.05) is 11.6 Å². The predicted molar refractivity (Wildman–Crippen MR) is 147 cm³/mol. The van der Waals surface area contributed by atoms with Gasteiger partial charge in [-0.3, -0.25) is 9.69 Å². The molecule has 0 unspecified atom stereocenters. The molecule has 0 radical (unpaired) electrons. The second-order valence-corrected chi connectivity index (χ2v) is 11.4. The van der Waals surface area contributed by atoms with Crippen LogP contribution in [0.5, 0.6) is 5.75 Å². The van der Waals surface area contributed by atoms with Crippen molar-refractivity contribution >= 4 is 39.5 Å². The lowest BCUT2D eigenvalue weighted by atomic mass is 10.1. The summed E-state index contributed by atoms with van der Waals surface area (Å²) in [5, 5.41) is 3.27. The molecule has 1 aromatic rings. The molecule has 2 aliphatic rings. The van der Waals surface area contributed by atoms with Crippen LogP contribution in [-0.4, -0.2) is 112 Å². The van der Waals surface area contributed by atoms with Crippen LogP contribution in [0.25, 0.3) is 0 Å². The number of halogens is 2. The average Bonchev–Trinajstić information content (AvgIpc) is 3.28. The summed E-state index contributed by atoms with van der Waals surface area (Å²) in [6.45, 7) is 12.5. The van der Waals surface area contributed by atoms with Crippen molar-refractivity contribution in [1.29, 1.82) is 0 Å². The van der Waals surface area contributed by atoms with Crippen molar-refractivity contribution in [1.82, 2.24) is 15.1 Å². The first-order chi connectivity index (χ1) is 18.1. The summed E-state index contributed by atoms with van der Waals surface area (Å²) in [5.41, 5.74) is 0.450. The van der Waals surface area contributed by atoms with E-state index in [1.54, 1.807) is 6.07 Å². The Balaban J connectivity index is 1.15. The average molecular weight is 621 g/mol. The third kappa shape index (κ3) is 10.5. The topological polar surface area (TPSA) is 98.8 Å². The lowest BCUT2D eigenvalue weighted by Crippen LogP contribution is -2.52. The summed E-state index contributed by atoms with van der Waals surface area (Å²) in [4.78, 5) is 28.7. The Hall–Kier alpha value is -1.63. The van der Waals surface area contributed by atoms with Gasteiger partial charge in [-0.2, -0.15) is 0 Å². The molecule has 1 atom stereocenters. The first-order valence-corrected chi connectivity index (χ1v) is 14.2. The van der Waals surface area contributed by atoms with E-state index >= 15 is 0 Å². The molecule has 1 fully saturated rings. The van der Waals surface area contributed by atoms with E-state index in [9.17, 15) is 9.59 Å². The molecule has 1 saturated heterocycles. The largest absolute Gasteiger partial charge is 0.479 e. The van der Waals surface area contributed by atoms with Gasteiger partial charge in [-0.05, 0) is 48.8 Å². The van der Waals surface area contributed by atoms with Crippen molar-refractivity contribution in [3.63, 3.8) is 0 Å². The van der Waals surface area contributed by atoms with Gasteiger partial charge in [0.15, 0.2) is 6.10 Å². The molecule has 1 N–H and O–H groups in total. The molecule has 38 heavy (non-hydrogen) atoms. The first kappa shape index (κ1) is 30.9. The third-order valence-corrected chi connectivity index (χ3v) is 6.73. The molecule has 2 aliphatic heterocycles. The zero-order valence-corrected chi connectivity index (χ0v) is 24.8. The number of nitrogens with zero attached hydrogens (tertiary/aromatic N) is 2. The van der Waals surface area contributed by atoms with Gasteiger partial charge in [0, 0.05) is 56.3 Å². The molecule has 0 bridgehead atoms. The minimum Gasteiger partial charge on any atom is -0.479 e. The van der Waals surface area contributed by atoms with Crippen molar-refractivity contribution in [2.75, 3.05) is 78.9 Å². The number of ether oxygens (including phenoxy) is 5. The van der Waals surface area contributed by atoms with Crippen molar-refractivity contribution in [2.45, 2.75) is 38.9 Å². The second kappa shape index (κ2) is 15.2. The zero-order chi connectivity index (χ0) is 27.5. The van der Waals surface area contributed by atoms with Crippen molar-refractivity contribution < 1.29 is 33.3 Å². The van der Waals surface area contributed by atoms with E-state index in [1.807, 2.05) is 31.7 Å². The van der Waals surface area contributed by atoms with Crippen LogP contribution in [0.1, 0.15) is 26.3 Å². The highest BCUT2D eigenvalue weighted by molar-refractivity contribution is 9.10. The van der Waals surface area contributed by atoms with E-state index in [2.05, 4.69) is 26.1 Å². The van der Waals surface area contributed by atoms with E-state index in [4.69, 9.17) is 35.3 Å².